The van der Waals surface area contributed by atoms with Gasteiger partial charge in [-0.15, -0.1) is 0 Å². The third-order valence-electron chi connectivity index (χ3n) is 2.68. The molecule has 12 nitrogen and oxygen atoms in total. The highest BCUT2D eigenvalue weighted by molar-refractivity contribution is 5.64. The van der Waals surface area contributed by atoms with Gasteiger partial charge in [0.25, 0.3) is 11.4 Å². The maximum Gasteiger partial charge on any atom is 0.324 e. The van der Waals surface area contributed by atoms with Crippen LogP contribution in [0, 0.1) is 42.5 Å². The van der Waals surface area contributed by atoms with Gasteiger partial charge in [0.05, 0.1) is 26.9 Å². The summed E-state index contributed by atoms with van der Waals surface area (Å²) in [5.74, 6) is -1.21. The first-order valence-electron chi connectivity index (χ1n) is 6.10. The standard InChI is InChI=1S/C6H3N3O7.C6H7NO/c10-6-4(8(13)14)1-3(7(11)12)2-5(6)9(15)16;1-6-4-2-3-5-7(6)8/h1-2,10H;2-5H,1H3. The van der Waals surface area contributed by atoms with Gasteiger partial charge >= 0.3 is 11.4 Å². The van der Waals surface area contributed by atoms with Crippen LogP contribution in [0.4, 0.5) is 17.1 Å². The van der Waals surface area contributed by atoms with Crippen LogP contribution in [0.5, 0.6) is 5.75 Å². The zero-order valence-corrected chi connectivity index (χ0v) is 12.1. The number of phenols is 1. The van der Waals surface area contributed by atoms with Crippen molar-refractivity contribution in [3.63, 3.8) is 0 Å². The minimum atomic E-state index is -1.21. The molecule has 0 atom stereocenters. The van der Waals surface area contributed by atoms with Gasteiger partial charge < -0.3 is 10.3 Å². The van der Waals surface area contributed by atoms with Crippen LogP contribution in [0.25, 0.3) is 0 Å². The van der Waals surface area contributed by atoms with Crippen LogP contribution in [0.15, 0.2) is 36.5 Å². The molecule has 0 saturated heterocycles. The van der Waals surface area contributed by atoms with E-state index in [4.69, 9.17) is 5.11 Å². The number of hydrogen-bond acceptors (Lipinski definition) is 8. The Bertz CT molecular complexity index is 751. The van der Waals surface area contributed by atoms with Gasteiger partial charge in [-0.1, -0.05) is 6.07 Å². The molecule has 0 amide bonds. The third kappa shape index (κ3) is 4.33. The van der Waals surface area contributed by atoms with E-state index in [2.05, 4.69) is 0 Å². The quantitative estimate of drug-likeness (QED) is 0.380. The van der Waals surface area contributed by atoms with Crippen LogP contribution in [0.2, 0.25) is 0 Å². The van der Waals surface area contributed by atoms with Crippen LogP contribution in [-0.4, -0.2) is 19.9 Å². The number of aromatic nitrogens is 1. The normalized spacial score (nSPS) is 9.54. The van der Waals surface area contributed by atoms with E-state index in [1.54, 1.807) is 19.1 Å². The number of aryl methyl sites for hydroxylation is 1. The first-order valence-corrected chi connectivity index (χ1v) is 6.10. The molecule has 1 aromatic heterocycles. The highest BCUT2D eigenvalue weighted by atomic mass is 16.6. The number of nitro benzene ring substituents is 3. The van der Waals surface area contributed by atoms with Gasteiger partial charge in [-0.25, -0.2) is 0 Å². The molecule has 12 heteroatoms. The lowest BCUT2D eigenvalue weighted by molar-refractivity contribution is -0.612. The molecule has 1 N–H and O–H groups in total. The van der Waals surface area contributed by atoms with E-state index in [-0.39, 0.29) is 0 Å². The van der Waals surface area contributed by atoms with Gasteiger partial charge in [-0.2, -0.15) is 4.73 Å². The first kappa shape index (κ1) is 18.2. The van der Waals surface area contributed by atoms with E-state index in [0.29, 0.717) is 12.1 Å². The zero-order chi connectivity index (χ0) is 18.4. The summed E-state index contributed by atoms with van der Waals surface area (Å²) >= 11 is 0. The average molecular weight is 338 g/mol. The van der Waals surface area contributed by atoms with E-state index >= 15 is 0 Å². The summed E-state index contributed by atoms with van der Waals surface area (Å²) in [6, 6.07) is 6.21. The Balaban J connectivity index is 0.000000300. The summed E-state index contributed by atoms with van der Waals surface area (Å²) in [7, 11) is 0. The number of aromatic hydroxyl groups is 1. The highest BCUT2D eigenvalue weighted by Gasteiger charge is 2.30. The SMILES string of the molecule is Cc1cccc[n+]1[O-].O=[N+]([O-])c1cc([N+](=O)[O-])c(O)c([N+](=O)[O-])c1. The summed E-state index contributed by atoms with van der Waals surface area (Å²) in [4.78, 5) is 27.8. The average Bonchev–Trinajstić information content (AvgIpc) is 2.50. The van der Waals surface area contributed by atoms with Gasteiger partial charge in [-0.3, -0.25) is 30.3 Å². The Morgan fingerprint density at radius 3 is 1.75 bits per heavy atom. The smallest absolute Gasteiger partial charge is 0.324 e. The molecule has 0 radical (unpaired) electrons. The number of non-ortho nitro benzene ring substituents is 1. The fourth-order valence-corrected chi connectivity index (χ4v) is 1.49. The Labute approximate surface area is 133 Å². The van der Waals surface area contributed by atoms with Crippen LogP contribution >= 0.6 is 0 Å². The van der Waals surface area contributed by atoms with Crippen molar-refractivity contribution in [2.45, 2.75) is 6.92 Å². The van der Waals surface area contributed by atoms with Crippen molar-refractivity contribution in [1.29, 1.82) is 0 Å². The summed E-state index contributed by atoms with van der Waals surface area (Å²) in [5.41, 5.74) is -2.27. The van der Waals surface area contributed by atoms with Crippen LogP contribution < -0.4 is 4.73 Å². The molecule has 0 aliphatic rings. The number of rotatable bonds is 3. The molecule has 0 aliphatic carbocycles. The number of hydrogen-bond donors (Lipinski definition) is 1. The number of pyridine rings is 1. The van der Waals surface area contributed by atoms with Gasteiger partial charge in [-0.05, 0) is 0 Å². The Hall–Kier alpha value is -3.83. The lowest BCUT2D eigenvalue weighted by atomic mass is 10.2. The van der Waals surface area contributed by atoms with Crippen molar-refractivity contribution >= 4 is 17.1 Å². The minimum absolute atomic E-state index is 0.447. The van der Waals surface area contributed by atoms with Gasteiger partial charge in [0.15, 0.2) is 11.9 Å². The largest absolute Gasteiger partial charge is 0.619 e. The Morgan fingerprint density at radius 2 is 1.46 bits per heavy atom. The van der Waals surface area contributed by atoms with E-state index in [0.717, 1.165) is 10.4 Å². The molecule has 0 aliphatic heterocycles. The van der Waals surface area contributed by atoms with Crippen molar-refractivity contribution < 1.29 is 24.6 Å². The minimum Gasteiger partial charge on any atom is -0.619 e. The lowest BCUT2D eigenvalue weighted by Crippen LogP contribution is -2.28. The summed E-state index contributed by atoms with van der Waals surface area (Å²) in [6.07, 6.45) is 1.48. The molecule has 1 heterocycles. The monoisotopic (exact) mass is 338 g/mol. The number of benzene rings is 1. The van der Waals surface area contributed by atoms with E-state index in [1.165, 1.54) is 6.20 Å². The van der Waals surface area contributed by atoms with E-state index in [9.17, 15) is 35.6 Å². The number of phenolic OH excluding ortho intramolecular Hbond substituents is 1. The van der Waals surface area contributed by atoms with Crippen LogP contribution in [0.1, 0.15) is 5.69 Å². The summed E-state index contributed by atoms with van der Waals surface area (Å²) in [6.45, 7) is 1.77. The number of nitro groups is 3. The molecule has 2 aromatic rings. The molecule has 24 heavy (non-hydrogen) atoms. The van der Waals surface area contributed by atoms with Crippen LogP contribution in [-0.2, 0) is 0 Å². The first-order chi connectivity index (χ1) is 11.1. The third-order valence-corrected chi connectivity index (χ3v) is 2.68. The molecule has 0 saturated carbocycles. The molecule has 1 aromatic carbocycles. The Kier molecular flexibility index (Phi) is 5.65. The second-order valence-corrected chi connectivity index (χ2v) is 4.27. The van der Waals surface area contributed by atoms with E-state index in [1.807, 2.05) is 6.07 Å². The van der Waals surface area contributed by atoms with Crippen molar-refractivity contribution in [3.8, 4) is 5.75 Å². The molecular weight excluding hydrogens is 328 g/mol. The van der Waals surface area contributed by atoms with Gasteiger partial charge in [0, 0.05) is 19.1 Å². The fraction of sp³-hybridized carbons (Fsp3) is 0.0833. The zero-order valence-electron chi connectivity index (χ0n) is 12.1. The molecule has 0 bridgehead atoms. The maximum atomic E-state index is 10.5. The lowest BCUT2D eigenvalue weighted by Gasteiger charge is -1.97. The van der Waals surface area contributed by atoms with E-state index < -0.39 is 37.6 Å². The van der Waals surface area contributed by atoms with Crippen molar-refractivity contribution in [1.82, 2.24) is 0 Å². The second-order valence-electron chi connectivity index (χ2n) is 4.27. The number of nitrogens with zero attached hydrogens (tertiary/aromatic N) is 4. The Morgan fingerprint density at radius 1 is 0.958 bits per heavy atom. The second kappa shape index (κ2) is 7.44. The molecule has 0 fully saturated rings. The fourth-order valence-electron chi connectivity index (χ4n) is 1.49. The highest BCUT2D eigenvalue weighted by Crippen LogP contribution is 2.38. The predicted octanol–water partition coefficient (Wildman–Crippen LogP) is 1.75. The summed E-state index contributed by atoms with van der Waals surface area (Å²) in [5, 5.41) is 50.7. The molecule has 0 spiro atoms. The maximum absolute atomic E-state index is 10.5. The van der Waals surface area contributed by atoms with Crippen LogP contribution in [0.3, 0.4) is 0 Å². The topological polar surface area (TPSA) is 177 Å². The van der Waals surface area contributed by atoms with Gasteiger partial charge in [0.1, 0.15) is 0 Å². The van der Waals surface area contributed by atoms with Crippen molar-refractivity contribution in [2.24, 2.45) is 0 Å². The molecule has 2 rings (SSSR count). The van der Waals surface area contributed by atoms with Crippen molar-refractivity contribution in [3.05, 3.63) is 77.8 Å². The van der Waals surface area contributed by atoms with Crippen molar-refractivity contribution in [2.75, 3.05) is 0 Å². The van der Waals surface area contributed by atoms with Gasteiger partial charge in [0.2, 0.25) is 0 Å². The molecular formula is C12H10N4O8. The predicted molar refractivity (Wildman–Crippen MR) is 78.2 cm³/mol. The summed E-state index contributed by atoms with van der Waals surface area (Å²) < 4.78 is 0.833. The molecule has 126 valence electrons. The molecule has 0 unspecified atom stereocenters.